The van der Waals surface area contributed by atoms with E-state index < -0.39 is 82.3 Å². The molecule has 0 unspecified atom stereocenters. The van der Waals surface area contributed by atoms with Crippen LogP contribution >= 0.6 is 47.1 Å². The smallest absolute Gasteiger partial charge is 0.391 e. The molecule has 3 saturated heterocycles. The maximum Gasteiger partial charge on any atom is 0.501 e. The molecule has 6 aromatic rings. The number of thioether (sulfide) groups is 1. The van der Waals surface area contributed by atoms with Gasteiger partial charge in [-0.1, -0.05) is 125 Å². The number of nitrogens with zero attached hydrogens (tertiary/aromatic N) is 5. The maximum absolute atomic E-state index is 14.4. The number of unbranched alkanes of at least 4 members (excludes halogenated alkanes) is 5. The highest BCUT2D eigenvalue weighted by Crippen LogP contribution is 2.44. The number of sulfone groups is 1. The van der Waals surface area contributed by atoms with Gasteiger partial charge in [0.05, 0.1) is 52.0 Å². The Morgan fingerprint density at radius 2 is 1.44 bits per heavy atom. The number of thiazole rings is 1. The molecule has 10 rings (SSSR count). The Kier molecular flexibility index (Phi) is 30.9. The molecule has 30 heteroatoms. The number of anilines is 2. The molecule has 598 valence electrons. The Labute approximate surface area is 664 Å². The van der Waals surface area contributed by atoms with E-state index in [2.05, 4.69) is 60.0 Å². The molecule has 1 aromatic heterocycles. The third-order valence-electron chi connectivity index (χ3n) is 20.9. The Morgan fingerprint density at radius 3 is 2.07 bits per heavy atom. The number of alkyl halides is 3. The number of benzene rings is 5. The van der Waals surface area contributed by atoms with Gasteiger partial charge in [-0.05, 0) is 152 Å². The van der Waals surface area contributed by atoms with Crippen molar-refractivity contribution >= 4 is 113 Å². The number of ether oxygens (including phenoxy) is 1. The van der Waals surface area contributed by atoms with Gasteiger partial charge in [0.25, 0.3) is 25.8 Å². The summed E-state index contributed by atoms with van der Waals surface area (Å²) in [5.41, 5.74) is 1.98. The van der Waals surface area contributed by atoms with Crippen molar-refractivity contribution in [3.63, 3.8) is 0 Å². The average molecular weight is 1640 g/mol. The monoisotopic (exact) mass is 1630 g/mol. The highest BCUT2D eigenvalue weighted by molar-refractivity contribution is 7.99. The average Bonchev–Trinajstić information content (AvgIpc) is 0.893. The molecule has 4 aliphatic rings. The molecule has 6 N–H and O–H groups in total. The van der Waals surface area contributed by atoms with Crippen molar-refractivity contribution in [2.24, 2.45) is 10.8 Å². The minimum atomic E-state index is -6.11. The Hall–Kier alpha value is -7.12. The number of aliphatic hydroxyl groups is 1. The van der Waals surface area contributed by atoms with Gasteiger partial charge in [-0.3, -0.25) is 33.8 Å². The van der Waals surface area contributed by atoms with E-state index in [1.165, 1.54) is 39.9 Å². The van der Waals surface area contributed by atoms with Gasteiger partial charge in [-0.25, -0.2) is 26.5 Å². The highest BCUT2D eigenvalue weighted by atomic mass is 35.5. The number of aliphatic hydroxyl groups excluding tert-OH is 1. The number of hydrogen-bond acceptors (Lipinski definition) is 18. The number of nitrogens with one attached hydrogen (secondary N) is 5. The van der Waals surface area contributed by atoms with E-state index in [0.29, 0.717) is 108 Å². The van der Waals surface area contributed by atoms with Crippen molar-refractivity contribution in [2.75, 3.05) is 94.6 Å². The zero-order valence-electron chi connectivity index (χ0n) is 63.2. The topological polar surface area (TPSA) is 269 Å². The zero-order valence-corrected chi connectivity index (χ0v) is 68.1. The first-order valence-corrected chi connectivity index (χ1v) is 42.7. The van der Waals surface area contributed by atoms with Crippen molar-refractivity contribution in [3.8, 4) is 10.4 Å². The minimum absolute atomic E-state index is 0. The lowest BCUT2D eigenvalue weighted by Crippen LogP contribution is -2.57. The number of likely N-dealkylation sites (tertiary alicyclic amines) is 1. The highest BCUT2D eigenvalue weighted by Gasteiger charge is 2.49. The van der Waals surface area contributed by atoms with Gasteiger partial charge in [0, 0.05) is 118 Å². The lowest BCUT2D eigenvalue weighted by atomic mass is 9.71. The molecule has 6 atom stereocenters. The molecule has 5 amide bonds. The second kappa shape index (κ2) is 39.1. The van der Waals surface area contributed by atoms with Crippen LogP contribution in [0.15, 0.2) is 147 Å². The SMILES string of the molecule is Cc1ncsc1-c1ccc([C@H](C)NC(=O)[C@@H]2C[C@@H](O)CN2C(=O)[C@@H](NC(=O)CCCCCCCCC(=O)NC[C@]2(C)CCC(c3ccc(Cl)cc3)=C(CN3CCN(c4ccc(C(=O)NS(=O)(=O)c5ccc(N[C@H](CCN6CCOCC6)CSc6ccccc6)c(S(=O)(=O)C(F)(F)F)c5)cc4)CC3)C2)C(C)(C)C)cc1.Cl. The van der Waals surface area contributed by atoms with E-state index in [4.69, 9.17) is 16.3 Å². The lowest BCUT2D eigenvalue weighted by molar-refractivity contribution is -0.144. The first-order valence-electron chi connectivity index (χ1n) is 37.5. The van der Waals surface area contributed by atoms with Crippen LogP contribution in [0.25, 0.3) is 16.0 Å². The van der Waals surface area contributed by atoms with E-state index in [-0.39, 0.29) is 66.5 Å². The van der Waals surface area contributed by atoms with Crippen LogP contribution in [-0.4, -0.2) is 185 Å². The third kappa shape index (κ3) is 23.7. The summed E-state index contributed by atoms with van der Waals surface area (Å²) in [6, 6.07) is 31.1. The van der Waals surface area contributed by atoms with Gasteiger partial charge in [-0.2, -0.15) is 13.2 Å². The van der Waals surface area contributed by atoms with E-state index in [9.17, 15) is 59.1 Å². The molecular formula is C80H103Cl2F3N10O11S4. The summed E-state index contributed by atoms with van der Waals surface area (Å²) < 4.78 is 105. The number of aryl methyl sites for hydroxylation is 1. The number of hydrogen-bond donors (Lipinski definition) is 6. The van der Waals surface area contributed by atoms with E-state index in [0.717, 1.165) is 101 Å². The maximum atomic E-state index is 14.4. The van der Waals surface area contributed by atoms with Crippen LogP contribution in [0, 0.1) is 17.8 Å². The van der Waals surface area contributed by atoms with E-state index >= 15 is 0 Å². The summed E-state index contributed by atoms with van der Waals surface area (Å²) in [6.45, 7) is 18.4. The van der Waals surface area contributed by atoms with Crippen LogP contribution in [-0.2, 0) is 43.8 Å². The number of carbonyl (C=O) groups is 5. The van der Waals surface area contributed by atoms with Crippen LogP contribution in [0.3, 0.4) is 0 Å². The molecule has 0 spiro atoms. The van der Waals surface area contributed by atoms with Gasteiger partial charge in [-0.15, -0.1) is 35.5 Å². The molecular weight excluding hydrogens is 1530 g/mol. The summed E-state index contributed by atoms with van der Waals surface area (Å²) in [4.78, 5) is 80.8. The van der Waals surface area contributed by atoms with E-state index in [1.54, 1.807) is 23.5 Å². The minimum Gasteiger partial charge on any atom is -0.391 e. The first kappa shape index (κ1) is 86.9. The summed E-state index contributed by atoms with van der Waals surface area (Å²) >= 11 is 9.36. The summed E-state index contributed by atoms with van der Waals surface area (Å²) in [5, 5.41) is 23.7. The predicted molar refractivity (Wildman–Crippen MR) is 430 cm³/mol. The quantitative estimate of drug-likeness (QED) is 0.0165. The molecule has 5 aromatic carbocycles. The molecule has 0 saturated carbocycles. The van der Waals surface area contributed by atoms with Gasteiger partial charge in [0.1, 0.15) is 17.0 Å². The fraction of sp³-hybridized carbons (Fsp3) is 0.500. The van der Waals surface area contributed by atoms with Crippen LogP contribution in [0.5, 0.6) is 0 Å². The molecule has 21 nitrogen and oxygen atoms in total. The normalized spacial score (nSPS) is 19.1. The number of sulfonamides is 1. The summed E-state index contributed by atoms with van der Waals surface area (Å²) in [7, 11) is -11.0. The summed E-state index contributed by atoms with van der Waals surface area (Å²) in [5.74, 6) is -1.76. The molecule has 4 heterocycles. The van der Waals surface area contributed by atoms with Crippen molar-refractivity contribution in [1.29, 1.82) is 0 Å². The second-order valence-electron chi connectivity index (χ2n) is 30.4. The number of morpholine rings is 1. The van der Waals surface area contributed by atoms with Crippen LogP contribution in [0.2, 0.25) is 5.02 Å². The number of amides is 5. The molecule has 1 aliphatic carbocycles. The van der Waals surface area contributed by atoms with Crippen LogP contribution in [0.4, 0.5) is 24.5 Å². The van der Waals surface area contributed by atoms with Crippen LogP contribution in [0.1, 0.15) is 151 Å². The Morgan fingerprint density at radius 1 is 0.791 bits per heavy atom. The molecule has 0 radical (unpaired) electrons. The van der Waals surface area contributed by atoms with Crippen molar-refractivity contribution in [1.82, 2.24) is 40.4 Å². The third-order valence-corrected chi connectivity index (χ3v) is 26.1. The lowest BCUT2D eigenvalue weighted by Gasteiger charge is -2.41. The number of piperazine rings is 1. The summed E-state index contributed by atoms with van der Waals surface area (Å²) in [6.07, 6.45) is 7.47. The molecule has 3 aliphatic heterocycles. The molecule has 0 bridgehead atoms. The Balaban J connectivity index is 0.0000139. The van der Waals surface area contributed by atoms with Gasteiger partial charge in [0.15, 0.2) is 0 Å². The molecule has 110 heavy (non-hydrogen) atoms. The van der Waals surface area contributed by atoms with Crippen molar-refractivity contribution < 1.29 is 63.8 Å². The number of rotatable bonds is 33. The van der Waals surface area contributed by atoms with Gasteiger partial charge < -0.3 is 40.9 Å². The number of aromatic nitrogens is 1. The van der Waals surface area contributed by atoms with Crippen molar-refractivity contribution in [2.45, 2.75) is 175 Å². The number of carbonyl (C=O) groups excluding carboxylic acids is 5. The fourth-order valence-corrected chi connectivity index (χ4v) is 18.4. The second-order valence-corrected chi connectivity index (χ2v) is 36.4. The van der Waals surface area contributed by atoms with Crippen molar-refractivity contribution in [3.05, 3.63) is 160 Å². The number of halogens is 5. The number of allylic oxidation sites excluding steroid dienone is 1. The Bertz CT molecular complexity index is 4370. The standard InChI is InChI=1S/C80H102ClF3N10O11S4.ClH/c1-54(56-20-22-58(23-21-56)73-55(2)86-53-107-73)87-76(99)69-46-64(95)50-94(69)77(100)74(78(3,4)5)89-72(97)19-15-10-8-7-9-14-18-71(96)85-52-79(6)36-34-67(57-24-28-61(81)29-25-57)60(48-79)49-92-38-40-93(41-39-92)63-30-26-59(27-31-63)75(98)90-109(103,104)66-32-33-68(70(47-66)108(101,102)80(82,83)84)88-62(35-37-91-42-44-105-45-43-91)51-106-65-16-12-11-13-17-65;/h11-13,16-17,20-33,47,53-54,62,64,69,74,88,95H,7-10,14-15,18-19,34-46,48-52H2,1-6H3,(H,85,96)(H,87,99)(H,89,97)(H,90,98);1H/t54-,62+,64+,69-,74+,79+;/m0./s1. The zero-order chi connectivity index (χ0) is 78.3. The largest absolute Gasteiger partial charge is 0.501 e. The van der Waals surface area contributed by atoms with E-state index in [1.807, 2.05) is 112 Å². The van der Waals surface area contributed by atoms with Gasteiger partial charge in [0.2, 0.25) is 23.6 Å². The fourth-order valence-electron chi connectivity index (χ4n) is 14.5. The van der Waals surface area contributed by atoms with Gasteiger partial charge >= 0.3 is 5.51 Å². The molecule has 3 fully saturated rings. The van der Waals surface area contributed by atoms with Crippen LogP contribution < -0.4 is 30.9 Å². The first-order chi connectivity index (χ1) is 51.8. The predicted octanol–water partition coefficient (Wildman–Crippen LogP) is 13.3. The number of β-amino-alcohol motifs (C(OH)–C–C–N with tert-alkyl or cyclic N) is 1.